The highest BCUT2D eigenvalue weighted by molar-refractivity contribution is 5.06. The molecule has 0 N–H and O–H groups in total. The van der Waals surface area contributed by atoms with Crippen LogP contribution in [-0.2, 0) is 0 Å². The van der Waals surface area contributed by atoms with Crippen LogP contribution in [-0.4, -0.2) is 35.5 Å². The van der Waals surface area contributed by atoms with Gasteiger partial charge in [-0.05, 0) is 20.8 Å². The van der Waals surface area contributed by atoms with Crippen molar-refractivity contribution in [3.63, 3.8) is 0 Å². The Kier molecular flexibility index (Phi) is 3.02. The normalized spacial score (nSPS) is 18.3. The molecule has 0 aliphatic carbocycles. The Morgan fingerprint density at radius 1 is 1.38 bits per heavy atom. The maximum atomic E-state index is 4.09. The molecule has 1 heterocycles. The van der Waals surface area contributed by atoms with Gasteiger partial charge in [0.2, 0.25) is 0 Å². The number of piperazine rings is 1. The van der Waals surface area contributed by atoms with Gasteiger partial charge < -0.3 is 9.80 Å². The highest BCUT2D eigenvalue weighted by Gasteiger charge is 2.20. The van der Waals surface area contributed by atoms with Crippen molar-refractivity contribution in [2.45, 2.75) is 26.8 Å². The van der Waals surface area contributed by atoms with E-state index in [1.54, 1.807) is 0 Å². The van der Waals surface area contributed by atoms with Gasteiger partial charge in [0.05, 0.1) is 6.54 Å². The van der Waals surface area contributed by atoms with E-state index in [2.05, 4.69) is 43.7 Å². The lowest BCUT2D eigenvalue weighted by Crippen LogP contribution is -2.45. The predicted octanol–water partition coefficient (Wildman–Crippen LogP) is 2.06. The molecule has 0 bridgehead atoms. The molecule has 0 aromatic carbocycles. The van der Waals surface area contributed by atoms with Gasteiger partial charge in [0.25, 0.3) is 0 Å². The van der Waals surface area contributed by atoms with Gasteiger partial charge >= 0.3 is 0 Å². The van der Waals surface area contributed by atoms with Crippen LogP contribution in [0.15, 0.2) is 24.6 Å². The largest absolute Gasteiger partial charge is 0.370 e. The van der Waals surface area contributed by atoms with Gasteiger partial charge in [0.1, 0.15) is 0 Å². The topological polar surface area (TPSA) is 6.48 Å². The molecular formula is C11H20N2. The Hall–Kier alpha value is -0.920. The van der Waals surface area contributed by atoms with Crippen LogP contribution in [0.25, 0.3) is 0 Å². The predicted molar refractivity (Wildman–Crippen MR) is 57.4 cm³/mol. The van der Waals surface area contributed by atoms with Crippen molar-refractivity contribution in [2.75, 3.05) is 19.6 Å². The summed E-state index contributed by atoms with van der Waals surface area (Å²) in [5, 5.41) is 0. The summed E-state index contributed by atoms with van der Waals surface area (Å²) >= 11 is 0. The molecule has 0 aromatic rings. The van der Waals surface area contributed by atoms with Crippen molar-refractivity contribution < 1.29 is 0 Å². The minimum absolute atomic E-state index is 0.569. The summed E-state index contributed by atoms with van der Waals surface area (Å²) in [4.78, 5) is 4.64. The first-order valence-corrected chi connectivity index (χ1v) is 4.87. The third kappa shape index (κ3) is 2.27. The molecule has 0 spiro atoms. The van der Waals surface area contributed by atoms with Gasteiger partial charge in [-0.3, -0.25) is 0 Å². The second-order valence-corrected chi connectivity index (χ2v) is 4.01. The van der Waals surface area contributed by atoms with E-state index in [1.807, 2.05) is 0 Å². The molecule has 74 valence electrons. The Morgan fingerprint density at radius 3 is 2.38 bits per heavy atom. The fourth-order valence-corrected chi connectivity index (χ4v) is 1.73. The molecule has 13 heavy (non-hydrogen) atoms. The van der Waals surface area contributed by atoms with Gasteiger partial charge in [-0.1, -0.05) is 13.2 Å². The lowest BCUT2D eigenvalue weighted by atomic mass is 10.2. The summed E-state index contributed by atoms with van der Waals surface area (Å²) in [5.41, 5.74) is 2.36. The fraction of sp³-hybridized carbons (Fsp3) is 0.636. The van der Waals surface area contributed by atoms with Crippen LogP contribution >= 0.6 is 0 Å². The molecule has 0 amide bonds. The summed E-state index contributed by atoms with van der Waals surface area (Å²) in [7, 11) is 0. The zero-order valence-electron chi connectivity index (χ0n) is 9.01. The van der Waals surface area contributed by atoms with Crippen molar-refractivity contribution in [1.82, 2.24) is 9.80 Å². The third-order valence-corrected chi connectivity index (χ3v) is 2.55. The van der Waals surface area contributed by atoms with E-state index in [1.165, 1.54) is 5.70 Å². The van der Waals surface area contributed by atoms with Crippen molar-refractivity contribution >= 4 is 0 Å². The lowest BCUT2D eigenvalue weighted by molar-refractivity contribution is 0.180. The van der Waals surface area contributed by atoms with Gasteiger partial charge in [-0.15, -0.1) is 0 Å². The lowest BCUT2D eigenvalue weighted by Gasteiger charge is -2.41. The summed E-state index contributed by atoms with van der Waals surface area (Å²) in [6, 6.07) is 0.569. The molecule has 1 rings (SSSR count). The standard InChI is InChI=1S/C11H20N2/c1-9(2)12-6-7-13(10(3)4)11(5)8-12/h10H,1,5-8H2,2-4H3. The van der Waals surface area contributed by atoms with E-state index in [9.17, 15) is 0 Å². The van der Waals surface area contributed by atoms with E-state index in [-0.39, 0.29) is 0 Å². The number of hydrogen-bond donors (Lipinski definition) is 0. The van der Waals surface area contributed by atoms with Crippen LogP contribution in [0, 0.1) is 0 Å². The van der Waals surface area contributed by atoms with E-state index >= 15 is 0 Å². The number of hydrogen-bond acceptors (Lipinski definition) is 2. The van der Waals surface area contributed by atoms with E-state index in [4.69, 9.17) is 0 Å². The molecule has 2 heteroatoms. The Morgan fingerprint density at radius 2 is 2.00 bits per heavy atom. The fourth-order valence-electron chi connectivity index (χ4n) is 1.73. The van der Waals surface area contributed by atoms with Gasteiger partial charge in [0, 0.05) is 30.5 Å². The minimum atomic E-state index is 0.569. The first kappa shape index (κ1) is 10.2. The van der Waals surface area contributed by atoms with Crippen molar-refractivity contribution in [3.05, 3.63) is 24.6 Å². The monoisotopic (exact) mass is 180 g/mol. The second kappa shape index (κ2) is 3.86. The molecule has 0 aromatic heterocycles. The van der Waals surface area contributed by atoms with E-state index < -0.39 is 0 Å². The van der Waals surface area contributed by atoms with E-state index in [0.717, 1.165) is 25.3 Å². The highest BCUT2D eigenvalue weighted by atomic mass is 15.3. The first-order chi connectivity index (χ1) is 6.02. The zero-order valence-corrected chi connectivity index (χ0v) is 9.01. The molecule has 1 aliphatic heterocycles. The van der Waals surface area contributed by atoms with Gasteiger partial charge in [-0.25, -0.2) is 0 Å². The Labute approximate surface area is 81.5 Å². The maximum absolute atomic E-state index is 4.09. The summed E-state index contributed by atoms with van der Waals surface area (Å²) < 4.78 is 0. The Bertz CT molecular complexity index is 218. The summed E-state index contributed by atoms with van der Waals surface area (Å²) in [6.45, 7) is 17.6. The molecule has 1 saturated heterocycles. The van der Waals surface area contributed by atoms with Gasteiger partial charge in [0.15, 0.2) is 0 Å². The summed E-state index contributed by atoms with van der Waals surface area (Å²) in [6.07, 6.45) is 0. The van der Waals surface area contributed by atoms with Crippen LogP contribution < -0.4 is 0 Å². The molecule has 1 aliphatic rings. The van der Waals surface area contributed by atoms with Crippen molar-refractivity contribution in [1.29, 1.82) is 0 Å². The van der Waals surface area contributed by atoms with Crippen LogP contribution in [0.5, 0.6) is 0 Å². The number of rotatable bonds is 2. The average molecular weight is 180 g/mol. The zero-order chi connectivity index (χ0) is 10.0. The number of allylic oxidation sites excluding steroid dienone is 1. The molecule has 0 saturated carbocycles. The minimum Gasteiger partial charge on any atom is -0.370 e. The first-order valence-electron chi connectivity index (χ1n) is 4.87. The molecule has 1 fully saturated rings. The van der Waals surface area contributed by atoms with Crippen molar-refractivity contribution in [2.24, 2.45) is 0 Å². The molecule has 2 nitrogen and oxygen atoms in total. The molecule has 0 radical (unpaired) electrons. The summed E-state index contributed by atoms with van der Waals surface area (Å²) in [5.74, 6) is 0. The molecule has 0 atom stereocenters. The molecule has 0 unspecified atom stereocenters. The SMILES string of the molecule is C=C(C)N1CCN(C(C)C)C(=C)C1. The van der Waals surface area contributed by atoms with Crippen LogP contribution in [0.1, 0.15) is 20.8 Å². The number of nitrogens with zero attached hydrogens (tertiary/aromatic N) is 2. The highest BCUT2D eigenvalue weighted by Crippen LogP contribution is 2.17. The van der Waals surface area contributed by atoms with Crippen LogP contribution in [0.4, 0.5) is 0 Å². The van der Waals surface area contributed by atoms with Crippen LogP contribution in [0.3, 0.4) is 0 Å². The third-order valence-electron chi connectivity index (χ3n) is 2.55. The maximum Gasteiger partial charge on any atom is 0.0570 e. The average Bonchev–Trinajstić information content (AvgIpc) is 2.03. The quantitative estimate of drug-likeness (QED) is 0.642. The second-order valence-electron chi connectivity index (χ2n) is 4.01. The smallest absolute Gasteiger partial charge is 0.0570 e. The van der Waals surface area contributed by atoms with E-state index in [0.29, 0.717) is 6.04 Å². The molecular weight excluding hydrogens is 160 g/mol. The van der Waals surface area contributed by atoms with Crippen molar-refractivity contribution in [3.8, 4) is 0 Å². The van der Waals surface area contributed by atoms with Gasteiger partial charge in [-0.2, -0.15) is 0 Å². The van der Waals surface area contributed by atoms with Crippen LogP contribution in [0.2, 0.25) is 0 Å². The Balaban J connectivity index is 2.57.